The number of carbonyl (C=O) groups is 1. The van der Waals surface area contributed by atoms with Crippen LogP contribution in [-0.2, 0) is 14.8 Å². The highest BCUT2D eigenvalue weighted by atomic mass is 35.5. The van der Waals surface area contributed by atoms with Crippen molar-refractivity contribution < 1.29 is 13.2 Å². The predicted octanol–water partition coefficient (Wildman–Crippen LogP) is 3.02. The van der Waals surface area contributed by atoms with E-state index in [9.17, 15) is 13.2 Å². The first-order valence-electron chi connectivity index (χ1n) is 7.83. The van der Waals surface area contributed by atoms with E-state index in [1.807, 2.05) is 12.1 Å². The Morgan fingerprint density at radius 3 is 2.64 bits per heavy atom. The molecule has 6 nitrogen and oxygen atoms in total. The normalized spacial score (nSPS) is 14.2. The minimum atomic E-state index is -3.64. The molecule has 0 radical (unpaired) electrons. The molecule has 1 aliphatic carbocycles. The molecule has 3 rings (SSSR count). The van der Waals surface area contributed by atoms with E-state index in [0.29, 0.717) is 22.4 Å². The Morgan fingerprint density at radius 2 is 2.00 bits per heavy atom. The number of nitrogens with one attached hydrogen (secondary N) is 1. The third kappa shape index (κ3) is 4.70. The molecule has 0 aliphatic heterocycles. The van der Waals surface area contributed by atoms with Gasteiger partial charge < -0.3 is 5.32 Å². The first-order valence-corrected chi connectivity index (χ1v) is 10.1. The van der Waals surface area contributed by atoms with Crippen LogP contribution < -0.4 is 9.62 Å². The Morgan fingerprint density at radius 1 is 1.28 bits per heavy atom. The lowest BCUT2D eigenvalue weighted by Gasteiger charge is -2.22. The van der Waals surface area contributed by atoms with Crippen LogP contribution in [0.5, 0.6) is 0 Å². The number of carbonyl (C=O) groups excluding carboxylic acids is 1. The smallest absolute Gasteiger partial charge is 0.246 e. The lowest BCUT2D eigenvalue weighted by atomic mass is 10.2. The molecule has 0 unspecified atom stereocenters. The molecule has 1 aromatic carbocycles. The molecular formula is C17H18ClN3O3S. The zero-order valence-corrected chi connectivity index (χ0v) is 15.2. The molecule has 1 aromatic heterocycles. The molecule has 0 bridgehead atoms. The average Bonchev–Trinajstić information content (AvgIpc) is 3.36. The van der Waals surface area contributed by atoms with Crippen molar-refractivity contribution in [3.05, 3.63) is 53.2 Å². The van der Waals surface area contributed by atoms with Crippen LogP contribution >= 0.6 is 11.6 Å². The monoisotopic (exact) mass is 379 g/mol. The summed E-state index contributed by atoms with van der Waals surface area (Å²) in [6.45, 7) is -0.353. The molecule has 8 heteroatoms. The van der Waals surface area contributed by atoms with Gasteiger partial charge in [-0.3, -0.25) is 9.10 Å². The van der Waals surface area contributed by atoms with Crippen molar-refractivity contribution in [1.29, 1.82) is 0 Å². The van der Waals surface area contributed by atoms with E-state index in [4.69, 9.17) is 11.6 Å². The summed E-state index contributed by atoms with van der Waals surface area (Å²) in [4.78, 5) is 16.7. The quantitative estimate of drug-likeness (QED) is 0.836. The minimum absolute atomic E-state index is 0.338. The van der Waals surface area contributed by atoms with Crippen LogP contribution in [0.25, 0.3) is 0 Å². The van der Waals surface area contributed by atoms with Gasteiger partial charge in [0.1, 0.15) is 12.4 Å². The lowest BCUT2D eigenvalue weighted by Crippen LogP contribution is -2.37. The van der Waals surface area contributed by atoms with E-state index in [1.165, 1.54) is 6.07 Å². The fourth-order valence-electron chi connectivity index (χ4n) is 2.47. The van der Waals surface area contributed by atoms with Crippen molar-refractivity contribution >= 4 is 39.0 Å². The first-order chi connectivity index (χ1) is 11.8. The Hall–Kier alpha value is -2.12. The highest BCUT2D eigenvalue weighted by molar-refractivity contribution is 7.92. The van der Waals surface area contributed by atoms with Crippen LogP contribution in [0.1, 0.15) is 24.5 Å². The molecule has 0 atom stereocenters. The Kier molecular flexibility index (Phi) is 4.96. The fourth-order valence-corrected chi connectivity index (χ4v) is 3.50. The topological polar surface area (TPSA) is 79.4 Å². The zero-order chi connectivity index (χ0) is 18.0. The second-order valence-electron chi connectivity index (χ2n) is 6.02. The molecule has 25 heavy (non-hydrogen) atoms. The standard InChI is InChI=1S/C17H18ClN3O3S/c1-25(23,24)21(14-5-2-4-13(18)10-14)11-17(22)20-16-7-3-6-15(19-16)12-8-9-12/h2-7,10,12H,8-9,11H2,1H3,(H,19,20,22). The van der Waals surface area contributed by atoms with Gasteiger partial charge in [-0.25, -0.2) is 13.4 Å². The minimum Gasteiger partial charge on any atom is -0.309 e. The number of hydrogen-bond donors (Lipinski definition) is 1. The maximum atomic E-state index is 12.3. The summed E-state index contributed by atoms with van der Waals surface area (Å²) in [7, 11) is -3.64. The van der Waals surface area contributed by atoms with Crippen molar-refractivity contribution in [2.75, 3.05) is 22.4 Å². The van der Waals surface area contributed by atoms with Gasteiger partial charge in [-0.2, -0.15) is 0 Å². The number of hydrogen-bond acceptors (Lipinski definition) is 4. The number of anilines is 2. The SMILES string of the molecule is CS(=O)(=O)N(CC(=O)Nc1cccc(C2CC2)n1)c1cccc(Cl)c1. The maximum absolute atomic E-state index is 12.3. The predicted molar refractivity (Wildman–Crippen MR) is 98.5 cm³/mol. The van der Waals surface area contributed by atoms with Gasteiger partial charge in [0, 0.05) is 16.6 Å². The molecule has 1 aliphatic rings. The van der Waals surface area contributed by atoms with Crippen LogP contribution in [0.15, 0.2) is 42.5 Å². The molecular weight excluding hydrogens is 362 g/mol. The van der Waals surface area contributed by atoms with Crippen LogP contribution in [0.2, 0.25) is 5.02 Å². The van der Waals surface area contributed by atoms with E-state index in [0.717, 1.165) is 29.1 Å². The summed E-state index contributed by atoms with van der Waals surface area (Å²) in [5.74, 6) is 0.427. The summed E-state index contributed by atoms with van der Waals surface area (Å²) >= 11 is 5.93. The third-order valence-corrected chi connectivity index (χ3v) is 5.19. The fraction of sp³-hybridized carbons (Fsp3) is 0.294. The van der Waals surface area contributed by atoms with Crippen molar-refractivity contribution in [2.24, 2.45) is 0 Å². The van der Waals surface area contributed by atoms with E-state index in [2.05, 4.69) is 10.3 Å². The number of benzene rings is 1. The van der Waals surface area contributed by atoms with Gasteiger partial charge in [0.15, 0.2) is 0 Å². The Bertz CT molecular complexity index is 898. The highest BCUT2D eigenvalue weighted by Gasteiger charge is 2.25. The number of halogens is 1. The van der Waals surface area contributed by atoms with E-state index < -0.39 is 15.9 Å². The molecule has 1 heterocycles. The molecule has 0 saturated heterocycles. The highest BCUT2D eigenvalue weighted by Crippen LogP contribution is 2.39. The van der Waals surface area contributed by atoms with Gasteiger partial charge in [0.2, 0.25) is 15.9 Å². The van der Waals surface area contributed by atoms with Crippen LogP contribution in [-0.4, -0.2) is 32.1 Å². The Balaban J connectivity index is 1.75. The van der Waals surface area contributed by atoms with Crippen LogP contribution in [0.3, 0.4) is 0 Å². The van der Waals surface area contributed by atoms with E-state index in [1.54, 1.807) is 24.3 Å². The van der Waals surface area contributed by atoms with Crippen LogP contribution in [0, 0.1) is 0 Å². The van der Waals surface area contributed by atoms with Crippen molar-refractivity contribution in [3.8, 4) is 0 Å². The van der Waals surface area contributed by atoms with Gasteiger partial charge >= 0.3 is 0 Å². The lowest BCUT2D eigenvalue weighted by molar-refractivity contribution is -0.114. The number of aromatic nitrogens is 1. The summed E-state index contributed by atoms with van der Waals surface area (Å²) in [6.07, 6.45) is 3.27. The second kappa shape index (κ2) is 7.01. The Labute approximate surface area is 151 Å². The van der Waals surface area contributed by atoms with E-state index >= 15 is 0 Å². The molecule has 1 N–H and O–H groups in total. The summed E-state index contributed by atoms with van der Waals surface area (Å²) in [5.41, 5.74) is 1.29. The van der Waals surface area contributed by atoms with Crippen molar-refractivity contribution in [1.82, 2.24) is 4.98 Å². The molecule has 1 fully saturated rings. The zero-order valence-electron chi connectivity index (χ0n) is 13.6. The van der Waals surface area contributed by atoms with Gasteiger partial charge in [-0.05, 0) is 43.2 Å². The number of sulfonamides is 1. The molecule has 1 amide bonds. The van der Waals surface area contributed by atoms with Gasteiger partial charge in [-0.15, -0.1) is 0 Å². The van der Waals surface area contributed by atoms with Crippen molar-refractivity contribution in [2.45, 2.75) is 18.8 Å². The van der Waals surface area contributed by atoms with Gasteiger partial charge in [0.05, 0.1) is 11.9 Å². The number of nitrogens with zero attached hydrogens (tertiary/aromatic N) is 2. The van der Waals surface area contributed by atoms with E-state index in [-0.39, 0.29) is 6.54 Å². The average molecular weight is 380 g/mol. The molecule has 132 valence electrons. The third-order valence-electron chi connectivity index (χ3n) is 3.82. The number of pyridine rings is 1. The van der Waals surface area contributed by atoms with Crippen LogP contribution in [0.4, 0.5) is 11.5 Å². The molecule has 0 spiro atoms. The molecule has 2 aromatic rings. The second-order valence-corrected chi connectivity index (χ2v) is 8.36. The maximum Gasteiger partial charge on any atom is 0.246 e. The molecule has 1 saturated carbocycles. The van der Waals surface area contributed by atoms with Crippen molar-refractivity contribution in [3.63, 3.8) is 0 Å². The number of amides is 1. The van der Waals surface area contributed by atoms with Gasteiger partial charge in [-0.1, -0.05) is 23.7 Å². The largest absolute Gasteiger partial charge is 0.309 e. The first kappa shape index (κ1) is 17.7. The summed E-state index contributed by atoms with van der Waals surface area (Å²) < 4.78 is 25.2. The van der Waals surface area contributed by atoms with Gasteiger partial charge in [0.25, 0.3) is 0 Å². The summed E-state index contributed by atoms with van der Waals surface area (Å²) in [6, 6.07) is 11.8. The summed E-state index contributed by atoms with van der Waals surface area (Å²) in [5, 5.41) is 3.06. The number of rotatable bonds is 6.